The van der Waals surface area contributed by atoms with Crippen molar-refractivity contribution in [2.45, 2.75) is 6.42 Å². The summed E-state index contributed by atoms with van der Waals surface area (Å²) in [4.78, 5) is 7.69. The summed E-state index contributed by atoms with van der Waals surface area (Å²) in [5.41, 5.74) is 0. The van der Waals surface area contributed by atoms with Crippen LogP contribution >= 0.6 is 11.6 Å². The molecule has 1 aromatic heterocycles. The summed E-state index contributed by atoms with van der Waals surface area (Å²) in [6.45, 7) is 2.24. The van der Waals surface area contributed by atoms with Crippen LogP contribution < -0.4 is 4.74 Å². The predicted octanol–water partition coefficient (Wildman–Crippen LogP) is 1.55. The van der Waals surface area contributed by atoms with Crippen molar-refractivity contribution in [3.8, 4) is 5.88 Å². The van der Waals surface area contributed by atoms with Gasteiger partial charge in [-0.15, -0.1) is 0 Å². The molecule has 0 bridgehead atoms. The Morgan fingerprint density at radius 2 is 2.57 bits per heavy atom. The fraction of sp³-hybridized carbons (Fsp3) is 0.556. The molecule has 0 N–H and O–H groups in total. The van der Waals surface area contributed by atoms with Gasteiger partial charge < -0.3 is 9.47 Å². The third kappa shape index (κ3) is 2.56. The number of ether oxygens (including phenoxy) is 2. The quantitative estimate of drug-likeness (QED) is 0.716. The van der Waals surface area contributed by atoms with Gasteiger partial charge >= 0.3 is 0 Å². The van der Waals surface area contributed by atoms with Gasteiger partial charge in [-0.2, -0.15) is 4.98 Å². The van der Waals surface area contributed by atoms with Crippen molar-refractivity contribution in [1.29, 1.82) is 0 Å². The highest BCUT2D eigenvalue weighted by Crippen LogP contribution is 2.15. The second-order valence-corrected chi connectivity index (χ2v) is 3.54. The standard InChI is InChI=1S/C9H11ClN2O2/c10-9-11-3-1-8(12-9)14-6-7-2-4-13-5-7/h1,3,7H,2,4-6H2/t7-/m1/s1. The van der Waals surface area contributed by atoms with Crippen LogP contribution in [0.2, 0.25) is 5.28 Å². The first-order valence-electron chi connectivity index (χ1n) is 4.53. The maximum Gasteiger partial charge on any atom is 0.225 e. The van der Waals surface area contributed by atoms with Gasteiger partial charge in [-0.05, 0) is 18.0 Å². The van der Waals surface area contributed by atoms with Gasteiger partial charge in [-0.1, -0.05) is 0 Å². The summed E-state index contributed by atoms with van der Waals surface area (Å²) in [5, 5.41) is 0.213. The van der Waals surface area contributed by atoms with Crippen LogP contribution in [-0.4, -0.2) is 29.8 Å². The second-order valence-electron chi connectivity index (χ2n) is 3.20. The molecule has 0 spiro atoms. The van der Waals surface area contributed by atoms with Crippen LogP contribution in [0.5, 0.6) is 5.88 Å². The van der Waals surface area contributed by atoms with E-state index in [1.54, 1.807) is 12.3 Å². The Kier molecular flexibility index (Phi) is 3.16. The Bertz CT molecular complexity index is 303. The zero-order chi connectivity index (χ0) is 9.80. The number of halogens is 1. The van der Waals surface area contributed by atoms with E-state index in [1.165, 1.54) is 0 Å². The van der Waals surface area contributed by atoms with Gasteiger partial charge in [0.2, 0.25) is 11.2 Å². The minimum absolute atomic E-state index is 0.213. The molecule has 76 valence electrons. The Hall–Kier alpha value is -0.870. The Labute approximate surface area is 87.2 Å². The average Bonchev–Trinajstić information content (AvgIpc) is 2.67. The zero-order valence-corrected chi connectivity index (χ0v) is 8.41. The molecule has 0 unspecified atom stereocenters. The molecule has 4 nitrogen and oxygen atoms in total. The van der Waals surface area contributed by atoms with E-state index < -0.39 is 0 Å². The fourth-order valence-corrected chi connectivity index (χ4v) is 1.46. The van der Waals surface area contributed by atoms with Crippen molar-refractivity contribution in [3.05, 3.63) is 17.5 Å². The van der Waals surface area contributed by atoms with Crippen LogP contribution in [0.15, 0.2) is 12.3 Å². The molecular weight excluding hydrogens is 204 g/mol. The van der Waals surface area contributed by atoms with Gasteiger partial charge in [-0.25, -0.2) is 4.98 Å². The largest absolute Gasteiger partial charge is 0.477 e. The zero-order valence-electron chi connectivity index (χ0n) is 7.65. The summed E-state index contributed by atoms with van der Waals surface area (Å²) < 4.78 is 10.7. The van der Waals surface area contributed by atoms with E-state index >= 15 is 0 Å². The molecule has 2 rings (SSSR count). The molecule has 0 radical (unpaired) electrons. The van der Waals surface area contributed by atoms with Crippen molar-refractivity contribution in [2.24, 2.45) is 5.92 Å². The molecule has 2 heterocycles. The molecule has 1 aliphatic rings. The van der Waals surface area contributed by atoms with E-state index in [1.807, 2.05) is 0 Å². The minimum atomic E-state index is 0.213. The molecule has 0 saturated carbocycles. The molecule has 5 heteroatoms. The lowest BCUT2D eigenvalue weighted by Gasteiger charge is -2.08. The molecule has 0 aliphatic carbocycles. The highest BCUT2D eigenvalue weighted by molar-refractivity contribution is 6.28. The summed E-state index contributed by atoms with van der Waals surface area (Å²) in [6, 6.07) is 1.70. The van der Waals surface area contributed by atoms with Crippen molar-refractivity contribution < 1.29 is 9.47 Å². The van der Waals surface area contributed by atoms with E-state index in [9.17, 15) is 0 Å². The number of aromatic nitrogens is 2. The van der Waals surface area contributed by atoms with Crippen LogP contribution in [0.4, 0.5) is 0 Å². The first-order valence-corrected chi connectivity index (χ1v) is 4.91. The van der Waals surface area contributed by atoms with Crippen LogP contribution in [0.3, 0.4) is 0 Å². The van der Waals surface area contributed by atoms with E-state index in [0.29, 0.717) is 18.4 Å². The Morgan fingerprint density at radius 3 is 3.29 bits per heavy atom. The maximum atomic E-state index is 5.61. The number of hydrogen-bond donors (Lipinski definition) is 0. The molecule has 1 atom stereocenters. The summed E-state index contributed by atoms with van der Waals surface area (Å²) in [7, 11) is 0. The van der Waals surface area contributed by atoms with Gasteiger partial charge in [0.05, 0.1) is 13.2 Å². The SMILES string of the molecule is Clc1nccc(OC[C@@H]2CCOC2)n1. The molecule has 1 aromatic rings. The number of hydrogen-bond acceptors (Lipinski definition) is 4. The maximum absolute atomic E-state index is 5.61. The third-order valence-electron chi connectivity index (χ3n) is 2.09. The lowest BCUT2D eigenvalue weighted by Crippen LogP contribution is -2.12. The number of nitrogens with zero attached hydrogens (tertiary/aromatic N) is 2. The van der Waals surface area contributed by atoms with Crippen molar-refractivity contribution in [1.82, 2.24) is 9.97 Å². The third-order valence-corrected chi connectivity index (χ3v) is 2.27. The second kappa shape index (κ2) is 4.57. The topological polar surface area (TPSA) is 44.2 Å². The van der Waals surface area contributed by atoms with Gasteiger partial charge in [0.25, 0.3) is 0 Å². The van der Waals surface area contributed by atoms with Crippen molar-refractivity contribution in [2.75, 3.05) is 19.8 Å². The van der Waals surface area contributed by atoms with E-state index in [-0.39, 0.29) is 5.28 Å². The van der Waals surface area contributed by atoms with Gasteiger partial charge in [0.15, 0.2) is 0 Å². The first-order chi connectivity index (χ1) is 6.84. The molecule has 1 saturated heterocycles. The Morgan fingerprint density at radius 1 is 1.64 bits per heavy atom. The van der Waals surface area contributed by atoms with Crippen molar-refractivity contribution >= 4 is 11.6 Å². The van der Waals surface area contributed by atoms with E-state index in [2.05, 4.69) is 9.97 Å². The summed E-state index contributed by atoms with van der Waals surface area (Å²) in [5.74, 6) is 1.00. The smallest absolute Gasteiger partial charge is 0.225 e. The van der Waals surface area contributed by atoms with Crippen molar-refractivity contribution in [3.63, 3.8) is 0 Å². The molecule has 0 aromatic carbocycles. The average molecular weight is 215 g/mol. The van der Waals surface area contributed by atoms with Gasteiger partial charge in [0.1, 0.15) is 0 Å². The minimum Gasteiger partial charge on any atom is -0.477 e. The fourth-order valence-electron chi connectivity index (χ4n) is 1.32. The van der Waals surface area contributed by atoms with Crippen LogP contribution in [0.25, 0.3) is 0 Å². The molecule has 14 heavy (non-hydrogen) atoms. The summed E-state index contributed by atoms with van der Waals surface area (Å²) >= 11 is 5.61. The first kappa shape index (κ1) is 9.68. The number of rotatable bonds is 3. The Balaban J connectivity index is 1.85. The van der Waals surface area contributed by atoms with Crippen LogP contribution in [-0.2, 0) is 4.74 Å². The van der Waals surface area contributed by atoms with Gasteiger partial charge in [-0.3, -0.25) is 0 Å². The van der Waals surface area contributed by atoms with Crippen LogP contribution in [0.1, 0.15) is 6.42 Å². The molecular formula is C9H11ClN2O2. The van der Waals surface area contributed by atoms with Crippen LogP contribution in [0, 0.1) is 5.92 Å². The van der Waals surface area contributed by atoms with E-state index in [0.717, 1.165) is 19.6 Å². The summed E-state index contributed by atoms with van der Waals surface area (Å²) in [6.07, 6.45) is 2.63. The lowest BCUT2D eigenvalue weighted by molar-refractivity contribution is 0.165. The van der Waals surface area contributed by atoms with E-state index in [4.69, 9.17) is 21.1 Å². The molecule has 1 fully saturated rings. The molecule has 1 aliphatic heterocycles. The highest BCUT2D eigenvalue weighted by atomic mass is 35.5. The normalized spacial score (nSPS) is 21.1. The van der Waals surface area contributed by atoms with Gasteiger partial charge in [0, 0.05) is 24.8 Å². The predicted molar refractivity (Wildman–Crippen MR) is 51.5 cm³/mol. The highest BCUT2D eigenvalue weighted by Gasteiger charge is 2.16. The lowest BCUT2D eigenvalue weighted by atomic mass is 10.1. The monoisotopic (exact) mass is 214 g/mol. The molecule has 0 amide bonds.